The molecule has 1 aliphatic heterocycles. The van der Waals surface area contributed by atoms with Crippen LogP contribution in [-0.2, 0) is 19.5 Å². The predicted octanol–water partition coefficient (Wildman–Crippen LogP) is 3.71. The average Bonchev–Trinajstić information content (AvgIpc) is 2.65. The third-order valence-corrected chi connectivity index (χ3v) is 4.98. The third-order valence-electron chi connectivity index (χ3n) is 4.98. The Balaban J connectivity index is 1.54. The van der Waals surface area contributed by atoms with Crippen LogP contribution in [0.5, 0.6) is 0 Å². The molecule has 0 bridgehead atoms. The highest BCUT2D eigenvalue weighted by atomic mass is 15.1. The van der Waals surface area contributed by atoms with Crippen molar-refractivity contribution in [2.75, 3.05) is 6.54 Å². The maximum absolute atomic E-state index is 4.79. The smallest absolute Gasteiger partial charge is 0.159 e. The van der Waals surface area contributed by atoms with Crippen LogP contribution in [0.2, 0.25) is 0 Å². The number of hydrogen-bond donors (Lipinski definition) is 0. The van der Waals surface area contributed by atoms with Gasteiger partial charge in [0.2, 0.25) is 0 Å². The van der Waals surface area contributed by atoms with Crippen molar-refractivity contribution in [2.45, 2.75) is 33.4 Å². The fourth-order valence-corrected chi connectivity index (χ4v) is 3.47. The molecular weight excluding hydrogens is 308 g/mol. The van der Waals surface area contributed by atoms with Gasteiger partial charge in [0, 0.05) is 55.8 Å². The van der Waals surface area contributed by atoms with Crippen molar-refractivity contribution < 1.29 is 0 Å². The highest BCUT2D eigenvalue weighted by Gasteiger charge is 2.19. The first-order chi connectivity index (χ1) is 12.2. The second-order valence-electron chi connectivity index (χ2n) is 6.73. The van der Waals surface area contributed by atoms with Gasteiger partial charge >= 0.3 is 0 Å². The van der Waals surface area contributed by atoms with Crippen molar-refractivity contribution in [3.8, 4) is 11.4 Å². The van der Waals surface area contributed by atoms with Crippen LogP contribution in [0, 0.1) is 13.8 Å². The summed E-state index contributed by atoms with van der Waals surface area (Å²) in [4.78, 5) is 15.9. The maximum Gasteiger partial charge on any atom is 0.159 e. The summed E-state index contributed by atoms with van der Waals surface area (Å²) in [6.07, 6.45) is 6.53. The van der Waals surface area contributed by atoms with E-state index >= 15 is 0 Å². The summed E-state index contributed by atoms with van der Waals surface area (Å²) in [5.41, 5.74) is 7.64. The summed E-state index contributed by atoms with van der Waals surface area (Å²) >= 11 is 0. The van der Waals surface area contributed by atoms with Crippen LogP contribution < -0.4 is 0 Å². The zero-order chi connectivity index (χ0) is 17.2. The van der Waals surface area contributed by atoms with Gasteiger partial charge in [-0.05, 0) is 42.7 Å². The number of fused-ring (bicyclic) bond motifs is 1. The van der Waals surface area contributed by atoms with Crippen LogP contribution in [0.15, 0.2) is 48.9 Å². The molecule has 0 saturated carbocycles. The van der Waals surface area contributed by atoms with Gasteiger partial charge < -0.3 is 0 Å². The fourth-order valence-electron chi connectivity index (χ4n) is 3.47. The molecule has 126 valence electrons. The SMILES string of the molecule is Cc1cccc(C)c1CN1CCc2nc(-c3ccncc3)ncc2C1. The summed E-state index contributed by atoms with van der Waals surface area (Å²) < 4.78 is 0. The Morgan fingerprint density at radius 3 is 2.56 bits per heavy atom. The molecule has 4 nitrogen and oxygen atoms in total. The molecule has 0 amide bonds. The standard InChI is InChI=1S/C21H22N4/c1-15-4-3-5-16(2)19(15)14-25-11-8-20-18(13-25)12-23-21(24-20)17-6-9-22-10-7-17/h3-7,9-10,12H,8,11,13-14H2,1-2H3. The molecule has 0 unspecified atom stereocenters. The van der Waals surface area contributed by atoms with Crippen LogP contribution in [0.4, 0.5) is 0 Å². The Morgan fingerprint density at radius 1 is 1.04 bits per heavy atom. The zero-order valence-electron chi connectivity index (χ0n) is 14.7. The molecule has 0 spiro atoms. The lowest BCUT2D eigenvalue weighted by atomic mass is 10.0. The van der Waals surface area contributed by atoms with E-state index in [9.17, 15) is 0 Å². The molecule has 1 aliphatic rings. The first-order valence-corrected chi connectivity index (χ1v) is 8.73. The Kier molecular flexibility index (Phi) is 4.28. The minimum absolute atomic E-state index is 0.796. The minimum Gasteiger partial charge on any atom is -0.294 e. The van der Waals surface area contributed by atoms with Gasteiger partial charge in [-0.25, -0.2) is 9.97 Å². The maximum atomic E-state index is 4.79. The molecule has 4 rings (SSSR count). The molecule has 25 heavy (non-hydrogen) atoms. The first kappa shape index (κ1) is 15.9. The van der Waals surface area contributed by atoms with Gasteiger partial charge in [0.15, 0.2) is 5.82 Å². The van der Waals surface area contributed by atoms with Crippen molar-refractivity contribution in [1.82, 2.24) is 19.9 Å². The second kappa shape index (κ2) is 6.73. The van der Waals surface area contributed by atoms with E-state index in [-0.39, 0.29) is 0 Å². The van der Waals surface area contributed by atoms with Gasteiger partial charge in [0.25, 0.3) is 0 Å². The first-order valence-electron chi connectivity index (χ1n) is 8.73. The molecule has 0 N–H and O–H groups in total. The lowest BCUT2D eigenvalue weighted by Crippen LogP contribution is -2.31. The number of pyridine rings is 1. The second-order valence-corrected chi connectivity index (χ2v) is 6.73. The monoisotopic (exact) mass is 330 g/mol. The molecular formula is C21H22N4. The summed E-state index contributed by atoms with van der Waals surface area (Å²) in [5.74, 6) is 0.796. The van der Waals surface area contributed by atoms with Gasteiger partial charge in [-0.1, -0.05) is 18.2 Å². The number of hydrogen-bond acceptors (Lipinski definition) is 4. The topological polar surface area (TPSA) is 41.9 Å². The van der Waals surface area contributed by atoms with E-state index in [0.29, 0.717) is 0 Å². The normalized spacial score (nSPS) is 14.3. The summed E-state index contributed by atoms with van der Waals surface area (Å²) in [6.45, 7) is 7.34. The van der Waals surface area contributed by atoms with E-state index in [2.05, 4.69) is 46.9 Å². The van der Waals surface area contributed by atoms with Crippen LogP contribution in [0.25, 0.3) is 11.4 Å². The Morgan fingerprint density at radius 2 is 1.80 bits per heavy atom. The highest BCUT2D eigenvalue weighted by Crippen LogP contribution is 2.23. The zero-order valence-corrected chi connectivity index (χ0v) is 14.7. The van der Waals surface area contributed by atoms with Crippen molar-refractivity contribution >= 4 is 0 Å². The Bertz CT molecular complexity index is 869. The Labute approximate surface area is 148 Å². The fraction of sp³-hybridized carbons (Fsp3) is 0.286. The molecule has 0 fully saturated rings. The molecule has 0 aliphatic carbocycles. The van der Waals surface area contributed by atoms with Crippen LogP contribution in [-0.4, -0.2) is 26.4 Å². The van der Waals surface area contributed by atoms with E-state index in [1.807, 2.05) is 18.3 Å². The summed E-state index contributed by atoms with van der Waals surface area (Å²) in [7, 11) is 0. The van der Waals surface area contributed by atoms with E-state index < -0.39 is 0 Å². The van der Waals surface area contributed by atoms with E-state index in [4.69, 9.17) is 4.98 Å². The summed E-state index contributed by atoms with van der Waals surface area (Å²) in [5, 5.41) is 0. The largest absolute Gasteiger partial charge is 0.294 e. The number of nitrogens with zero attached hydrogens (tertiary/aromatic N) is 4. The third kappa shape index (κ3) is 3.30. The highest BCUT2D eigenvalue weighted by molar-refractivity contribution is 5.54. The van der Waals surface area contributed by atoms with E-state index in [1.165, 1.54) is 27.9 Å². The van der Waals surface area contributed by atoms with Crippen molar-refractivity contribution in [2.24, 2.45) is 0 Å². The lowest BCUT2D eigenvalue weighted by Gasteiger charge is -2.29. The van der Waals surface area contributed by atoms with Gasteiger partial charge in [-0.2, -0.15) is 0 Å². The average molecular weight is 330 g/mol. The van der Waals surface area contributed by atoms with Crippen LogP contribution in [0.3, 0.4) is 0 Å². The number of aromatic nitrogens is 3. The molecule has 3 aromatic rings. The van der Waals surface area contributed by atoms with Gasteiger partial charge in [-0.3, -0.25) is 9.88 Å². The van der Waals surface area contributed by atoms with Crippen molar-refractivity contribution in [3.05, 3.63) is 76.9 Å². The molecule has 0 radical (unpaired) electrons. The molecule has 4 heteroatoms. The van der Waals surface area contributed by atoms with Gasteiger partial charge in [0.1, 0.15) is 0 Å². The van der Waals surface area contributed by atoms with Crippen molar-refractivity contribution in [1.29, 1.82) is 0 Å². The Hall–Kier alpha value is -2.59. The van der Waals surface area contributed by atoms with Crippen LogP contribution >= 0.6 is 0 Å². The minimum atomic E-state index is 0.796. The van der Waals surface area contributed by atoms with E-state index in [1.54, 1.807) is 12.4 Å². The summed E-state index contributed by atoms with van der Waals surface area (Å²) in [6, 6.07) is 10.4. The van der Waals surface area contributed by atoms with E-state index in [0.717, 1.165) is 37.4 Å². The number of rotatable bonds is 3. The predicted molar refractivity (Wildman–Crippen MR) is 99.0 cm³/mol. The number of benzene rings is 1. The molecule has 3 heterocycles. The molecule has 2 aromatic heterocycles. The lowest BCUT2D eigenvalue weighted by molar-refractivity contribution is 0.242. The van der Waals surface area contributed by atoms with Crippen LogP contribution in [0.1, 0.15) is 27.9 Å². The molecule has 0 atom stereocenters. The molecule has 0 saturated heterocycles. The quantitative estimate of drug-likeness (QED) is 0.734. The van der Waals surface area contributed by atoms with Crippen molar-refractivity contribution in [3.63, 3.8) is 0 Å². The van der Waals surface area contributed by atoms with Gasteiger partial charge in [-0.15, -0.1) is 0 Å². The van der Waals surface area contributed by atoms with Gasteiger partial charge in [0.05, 0.1) is 5.69 Å². The number of aryl methyl sites for hydroxylation is 2. The molecule has 1 aromatic carbocycles.